The molecule has 1 aromatic carbocycles. The Hall–Kier alpha value is -1.76. The van der Waals surface area contributed by atoms with Gasteiger partial charge >= 0.3 is 0 Å². The van der Waals surface area contributed by atoms with Crippen LogP contribution in [0, 0.1) is 0 Å². The van der Waals surface area contributed by atoms with E-state index in [1.165, 1.54) is 0 Å². The molecule has 1 aliphatic rings. The van der Waals surface area contributed by atoms with E-state index in [0.717, 1.165) is 12.1 Å². The van der Waals surface area contributed by atoms with Crippen LogP contribution in [-0.2, 0) is 14.6 Å². The fourth-order valence-corrected chi connectivity index (χ4v) is 3.91. The first-order valence-corrected chi connectivity index (χ1v) is 8.71. The quantitative estimate of drug-likeness (QED) is 0.840. The highest BCUT2D eigenvalue weighted by Gasteiger charge is 2.24. The molecule has 1 saturated heterocycles. The monoisotopic (exact) mass is 312 g/mol. The zero-order valence-corrected chi connectivity index (χ0v) is 12.8. The molecule has 1 fully saturated rings. The predicted molar refractivity (Wildman–Crippen MR) is 81.3 cm³/mol. The van der Waals surface area contributed by atoms with Crippen LogP contribution in [0.2, 0.25) is 0 Å². The number of ether oxygens (including phenoxy) is 1. The number of carbonyl (C=O) groups excluding carboxylic acids is 1. The van der Waals surface area contributed by atoms with Crippen LogP contribution in [0.5, 0.6) is 5.75 Å². The Balaban J connectivity index is 1.96. The lowest BCUT2D eigenvalue weighted by Crippen LogP contribution is -2.34. The molecule has 1 unspecified atom stereocenters. The van der Waals surface area contributed by atoms with Crippen molar-refractivity contribution < 1.29 is 17.9 Å². The molecule has 21 heavy (non-hydrogen) atoms. The van der Waals surface area contributed by atoms with Gasteiger partial charge in [0.15, 0.2) is 16.4 Å². The second-order valence-corrected chi connectivity index (χ2v) is 7.32. The highest BCUT2D eigenvalue weighted by molar-refractivity contribution is 7.91. The number of amides is 1. The summed E-state index contributed by atoms with van der Waals surface area (Å²) in [5, 5.41) is 5.70. The Morgan fingerprint density at radius 1 is 1.43 bits per heavy atom. The highest BCUT2D eigenvalue weighted by atomic mass is 32.2. The van der Waals surface area contributed by atoms with Gasteiger partial charge in [-0.25, -0.2) is 8.42 Å². The summed E-state index contributed by atoms with van der Waals surface area (Å²) in [5.74, 6) is 0.811. The van der Waals surface area contributed by atoms with E-state index in [0.29, 0.717) is 12.2 Å². The molecule has 0 radical (unpaired) electrons. The second-order valence-electron chi connectivity index (χ2n) is 5.09. The summed E-state index contributed by atoms with van der Waals surface area (Å²) in [5.41, 5.74) is 0.798. The third-order valence-corrected chi connectivity index (χ3v) is 5.14. The molecule has 0 spiro atoms. The minimum absolute atomic E-state index is 0.0439. The molecule has 116 valence electrons. The van der Waals surface area contributed by atoms with Crippen molar-refractivity contribution in [2.45, 2.75) is 18.9 Å². The van der Waals surface area contributed by atoms with E-state index in [1.807, 2.05) is 6.07 Å². The molecule has 2 N–H and O–H groups in total. The zero-order chi connectivity index (χ0) is 15.3. The van der Waals surface area contributed by atoms with Gasteiger partial charge in [0.05, 0.1) is 11.5 Å². The minimum Gasteiger partial charge on any atom is -0.484 e. The van der Waals surface area contributed by atoms with Crippen molar-refractivity contribution in [1.29, 1.82) is 0 Å². The van der Waals surface area contributed by atoms with E-state index >= 15 is 0 Å². The zero-order valence-electron chi connectivity index (χ0n) is 12.0. The van der Waals surface area contributed by atoms with Gasteiger partial charge in [-0.1, -0.05) is 6.07 Å². The highest BCUT2D eigenvalue weighted by Crippen LogP contribution is 2.21. The van der Waals surface area contributed by atoms with Crippen LogP contribution < -0.4 is 15.4 Å². The van der Waals surface area contributed by atoms with E-state index < -0.39 is 9.84 Å². The Labute approximate surface area is 124 Å². The molecule has 0 bridgehead atoms. The summed E-state index contributed by atoms with van der Waals surface area (Å²) >= 11 is 0. The summed E-state index contributed by atoms with van der Waals surface area (Å²) in [4.78, 5) is 11.1. The molecule has 1 atom stereocenters. The summed E-state index contributed by atoms with van der Waals surface area (Å²) in [6.07, 6.45) is 1.52. The van der Waals surface area contributed by atoms with E-state index in [2.05, 4.69) is 10.6 Å². The second kappa shape index (κ2) is 6.80. The predicted octanol–water partition coefficient (Wildman–Crippen LogP) is 0.800. The fraction of sp³-hybridized carbons (Fsp3) is 0.500. The number of nitrogens with one attached hydrogen (secondary N) is 2. The molecule has 7 heteroatoms. The van der Waals surface area contributed by atoms with Crippen molar-refractivity contribution >= 4 is 21.4 Å². The molecule has 0 saturated carbocycles. The Morgan fingerprint density at radius 2 is 2.24 bits per heavy atom. The molecule has 0 aromatic heterocycles. The Bertz CT molecular complexity index is 601. The van der Waals surface area contributed by atoms with Gasteiger partial charge in [-0.05, 0) is 25.0 Å². The third-order valence-electron chi connectivity index (χ3n) is 3.32. The standard InChI is InChI=1S/C14H20N2O4S/c1-15-14(17)9-20-13-6-2-4-11(8-13)16-12-5-3-7-21(18,19)10-12/h2,4,6,8,12,16H,3,5,7,9-10H2,1H3,(H,15,17). The molecule has 0 aliphatic carbocycles. The number of rotatable bonds is 5. The summed E-state index contributed by atoms with van der Waals surface area (Å²) in [6, 6.07) is 7.11. The number of hydrogen-bond acceptors (Lipinski definition) is 5. The van der Waals surface area contributed by atoms with Crippen molar-refractivity contribution in [3.05, 3.63) is 24.3 Å². The van der Waals surface area contributed by atoms with E-state index in [9.17, 15) is 13.2 Å². The van der Waals surface area contributed by atoms with Gasteiger partial charge < -0.3 is 15.4 Å². The van der Waals surface area contributed by atoms with Crippen molar-refractivity contribution in [3.8, 4) is 5.75 Å². The van der Waals surface area contributed by atoms with Gasteiger partial charge in [0.1, 0.15) is 5.75 Å². The van der Waals surface area contributed by atoms with Crippen LogP contribution in [-0.4, -0.2) is 45.5 Å². The molecule has 1 heterocycles. The SMILES string of the molecule is CNC(=O)COc1cccc(NC2CCCS(=O)(=O)C2)c1. The average molecular weight is 312 g/mol. The van der Waals surface area contributed by atoms with Gasteiger partial charge in [0.2, 0.25) is 0 Å². The molecular formula is C14H20N2O4S. The van der Waals surface area contributed by atoms with E-state index in [1.54, 1.807) is 25.2 Å². The lowest BCUT2D eigenvalue weighted by Gasteiger charge is -2.24. The van der Waals surface area contributed by atoms with Crippen LogP contribution >= 0.6 is 0 Å². The lowest BCUT2D eigenvalue weighted by molar-refractivity contribution is -0.122. The summed E-state index contributed by atoms with van der Waals surface area (Å²) in [7, 11) is -1.38. The third kappa shape index (κ3) is 4.93. The first kappa shape index (κ1) is 15.6. The largest absolute Gasteiger partial charge is 0.484 e. The molecule has 1 amide bonds. The average Bonchev–Trinajstić information content (AvgIpc) is 2.44. The van der Waals surface area contributed by atoms with Gasteiger partial charge in [0, 0.05) is 24.8 Å². The van der Waals surface area contributed by atoms with E-state index in [-0.39, 0.29) is 30.1 Å². The molecular weight excluding hydrogens is 292 g/mol. The maximum atomic E-state index is 11.6. The van der Waals surface area contributed by atoms with Gasteiger partial charge in [-0.2, -0.15) is 0 Å². The number of benzene rings is 1. The molecule has 1 aromatic rings. The topological polar surface area (TPSA) is 84.5 Å². The van der Waals surface area contributed by atoms with Crippen molar-refractivity contribution in [2.75, 3.05) is 30.5 Å². The number of anilines is 1. The smallest absolute Gasteiger partial charge is 0.257 e. The number of sulfone groups is 1. The Morgan fingerprint density at radius 3 is 2.95 bits per heavy atom. The first-order valence-electron chi connectivity index (χ1n) is 6.89. The Kier molecular flexibility index (Phi) is 5.06. The van der Waals surface area contributed by atoms with Crippen LogP contribution in [0.15, 0.2) is 24.3 Å². The number of carbonyl (C=O) groups is 1. The number of likely N-dealkylation sites (N-methyl/N-ethyl adjacent to an activating group) is 1. The van der Waals surface area contributed by atoms with Gasteiger partial charge in [0.25, 0.3) is 5.91 Å². The van der Waals surface area contributed by atoms with Gasteiger partial charge in [-0.3, -0.25) is 4.79 Å². The van der Waals surface area contributed by atoms with Crippen LogP contribution in [0.3, 0.4) is 0 Å². The molecule has 6 nitrogen and oxygen atoms in total. The van der Waals surface area contributed by atoms with Crippen LogP contribution in [0.1, 0.15) is 12.8 Å². The maximum absolute atomic E-state index is 11.6. The van der Waals surface area contributed by atoms with Crippen molar-refractivity contribution in [2.24, 2.45) is 0 Å². The van der Waals surface area contributed by atoms with Crippen LogP contribution in [0.25, 0.3) is 0 Å². The van der Waals surface area contributed by atoms with Crippen molar-refractivity contribution in [1.82, 2.24) is 5.32 Å². The molecule has 1 aliphatic heterocycles. The normalized spacial score (nSPS) is 20.5. The molecule has 2 rings (SSSR count). The lowest BCUT2D eigenvalue weighted by atomic mass is 10.1. The summed E-state index contributed by atoms with van der Waals surface area (Å²) in [6.45, 7) is -0.0439. The first-order chi connectivity index (χ1) is 9.98. The summed E-state index contributed by atoms with van der Waals surface area (Å²) < 4.78 is 28.6. The fourth-order valence-electron chi connectivity index (χ4n) is 2.27. The van der Waals surface area contributed by atoms with Crippen molar-refractivity contribution in [3.63, 3.8) is 0 Å². The minimum atomic E-state index is -2.93. The number of hydrogen-bond donors (Lipinski definition) is 2. The van der Waals surface area contributed by atoms with Gasteiger partial charge in [-0.15, -0.1) is 0 Å². The van der Waals surface area contributed by atoms with Crippen LogP contribution in [0.4, 0.5) is 5.69 Å². The van der Waals surface area contributed by atoms with E-state index in [4.69, 9.17) is 4.74 Å². The maximum Gasteiger partial charge on any atom is 0.257 e.